The first-order valence-corrected chi connectivity index (χ1v) is 8.75. The van der Waals surface area contributed by atoms with Crippen LogP contribution in [0.15, 0.2) is 36.4 Å². The normalized spacial score (nSPS) is 11.0. The molecule has 0 bridgehead atoms. The van der Waals surface area contributed by atoms with E-state index in [2.05, 4.69) is 91.8 Å². The minimum absolute atomic E-state index is 0. The smallest absolute Gasteiger partial charge is 0.210 e. The van der Waals surface area contributed by atoms with Crippen molar-refractivity contribution in [1.82, 2.24) is 0 Å². The van der Waals surface area contributed by atoms with Crippen LogP contribution in [-0.4, -0.2) is 23.1 Å². The topological polar surface area (TPSA) is 0 Å². The van der Waals surface area contributed by atoms with Crippen molar-refractivity contribution in [2.45, 2.75) is 79.1 Å². The molecule has 0 saturated carbocycles. The van der Waals surface area contributed by atoms with E-state index in [4.69, 9.17) is 0 Å². The predicted octanol–water partition coefficient (Wildman–Crippen LogP) is 6.92. The molecule has 0 nitrogen and oxygen atoms in total. The van der Waals surface area contributed by atoms with Crippen LogP contribution in [0.25, 0.3) is 0 Å². The van der Waals surface area contributed by atoms with Crippen LogP contribution >= 0.6 is 0 Å². The Bertz CT molecular complexity index is 443. The van der Waals surface area contributed by atoms with E-state index in [9.17, 15) is 0 Å². The number of rotatable bonds is 4. The van der Waals surface area contributed by atoms with Crippen LogP contribution in [0.3, 0.4) is 0 Å². The molecule has 0 radical (unpaired) electrons. The van der Waals surface area contributed by atoms with Crippen molar-refractivity contribution >= 4 is 23.1 Å². The van der Waals surface area contributed by atoms with Crippen LogP contribution in [0.4, 0.5) is 0 Å². The van der Waals surface area contributed by atoms with Crippen LogP contribution in [0.5, 0.6) is 0 Å². The van der Waals surface area contributed by atoms with Gasteiger partial charge in [0, 0.05) is 0 Å². The Kier molecular flexibility index (Phi) is 10.1. The van der Waals surface area contributed by atoms with Crippen LogP contribution in [0, 0.1) is 0 Å². The molecule has 0 aliphatic carbocycles. The molecule has 2 aromatic carbocycles. The first-order valence-electron chi connectivity index (χ1n) is 8.75. The van der Waals surface area contributed by atoms with E-state index in [1.807, 2.05) is 0 Å². The van der Waals surface area contributed by atoms with Gasteiger partial charge in [-0.1, -0.05) is 79.1 Å². The molecule has 0 atom stereocenters. The van der Waals surface area contributed by atoms with Crippen molar-refractivity contribution in [1.29, 1.82) is 0 Å². The van der Waals surface area contributed by atoms with Gasteiger partial charge in [-0.2, -0.15) is 46.5 Å². The quantitative estimate of drug-likeness (QED) is 0.423. The summed E-state index contributed by atoms with van der Waals surface area (Å²) < 4.78 is 0. The van der Waals surface area contributed by atoms with E-state index >= 15 is 0 Å². The molecule has 0 N–H and O–H groups in total. The van der Waals surface area contributed by atoms with Gasteiger partial charge in [0.2, 0.25) is 0 Å². The van der Waals surface area contributed by atoms with Crippen LogP contribution in [0.1, 0.15) is 101 Å². The zero-order chi connectivity index (χ0) is 16.9. The van der Waals surface area contributed by atoms with Gasteiger partial charge < -0.3 is 0 Å². The minimum Gasteiger partial charge on any atom is -0.210 e. The molecule has 0 aliphatic rings. The maximum absolute atomic E-state index is 2.31. The number of hydrogen-bond acceptors (Lipinski definition) is 0. The fraction of sp³-hybridized carbons (Fsp3) is 0.545. The summed E-state index contributed by atoms with van der Waals surface area (Å²) in [4.78, 5) is 0. The zero-order valence-electron chi connectivity index (χ0n) is 16.5. The zero-order valence-corrected chi connectivity index (χ0v) is 17.9. The van der Waals surface area contributed by atoms with Gasteiger partial charge in [0.1, 0.15) is 0 Å². The molecule has 23 heavy (non-hydrogen) atoms. The Balaban J connectivity index is 0.000000403. The first kappa shape index (κ1) is 22.5. The first-order chi connectivity index (χ1) is 10.2. The molecule has 1 heteroatoms. The minimum atomic E-state index is 0. The van der Waals surface area contributed by atoms with Gasteiger partial charge in [0.25, 0.3) is 0 Å². The summed E-state index contributed by atoms with van der Waals surface area (Å²) in [6, 6.07) is 13.6. The maximum atomic E-state index is 2.31. The molecule has 0 amide bonds. The monoisotopic (exact) mass is 322 g/mol. The summed E-state index contributed by atoms with van der Waals surface area (Å²) in [7, 11) is 0. The summed E-state index contributed by atoms with van der Waals surface area (Å²) in [6.07, 6.45) is 0. The Morgan fingerprint density at radius 2 is 0.913 bits per heavy atom. The molecule has 0 unspecified atom stereocenters. The fourth-order valence-electron chi connectivity index (χ4n) is 2.40. The van der Waals surface area contributed by atoms with E-state index < -0.39 is 0 Å². The summed E-state index contributed by atoms with van der Waals surface area (Å²) >= 11 is 0. The van der Waals surface area contributed by atoms with Gasteiger partial charge in [-0.3, -0.25) is 0 Å². The molecular weight excluding hydrogens is 289 g/mol. The van der Waals surface area contributed by atoms with E-state index in [0.29, 0.717) is 23.7 Å². The Hall–Kier alpha value is -0.534. The summed E-state index contributed by atoms with van der Waals surface area (Å²) in [5, 5.41) is 0. The summed E-state index contributed by atoms with van der Waals surface area (Å²) in [6.45, 7) is 17.9. The van der Waals surface area contributed by atoms with Crippen LogP contribution in [-0.2, 0) is 0 Å². The summed E-state index contributed by atoms with van der Waals surface area (Å²) in [5.41, 5.74) is 5.87. The average Bonchev–Trinajstić information content (AvgIpc) is 3.09. The van der Waals surface area contributed by atoms with E-state index in [-0.39, 0.29) is 23.1 Å². The molecule has 0 saturated heterocycles. The van der Waals surface area contributed by atoms with Crippen molar-refractivity contribution < 1.29 is 0 Å². The Morgan fingerprint density at radius 3 is 1.04 bits per heavy atom. The predicted molar refractivity (Wildman–Crippen MR) is 106 cm³/mol. The molecule has 2 aromatic rings. The molecule has 124 valence electrons. The van der Waals surface area contributed by atoms with Gasteiger partial charge in [0.05, 0.1) is 0 Å². The van der Waals surface area contributed by atoms with Gasteiger partial charge in [-0.25, -0.2) is 12.1 Å². The van der Waals surface area contributed by atoms with Crippen molar-refractivity contribution in [3.05, 3.63) is 58.7 Å². The summed E-state index contributed by atoms with van der Waals surface area (Å²) in [5.74, 6) is 2.68. The van der Waals surface area contributed by atoms with Crippen molar-refractivity contribution in [3.63, 3.8) is 0 Å². The molecule has 0 spiro atoms. The number of hydrogen-bond donors (Lipinski definition) is 0. The molecular formula is C22H34Mg. The SMILES string of the molecule is CC(C)c1cc[c-](C(C)C)c1.CC(C)c1cc[c-](C(C)C)c1.[Mg+2]. The maximum Gasteiger partial charge on any atom is 2.00 e. The molecule has 0 heterocycles. The second-order valence-corrected chi connectivity index (χ2v) is 7.57. The molecule has 2 rings (SSSR count). The Morgan fingerprint density at radius 1 is 0.609 bits per heavy atom. The second kappa shape index (κ2) is 10.4. The molecule has 0 aliphatic heterocycles. The standard InChI is InChI=1S/2C11H17.Mg/c2*1-8(2)10-5-6-11(7-10)9(3)4;/h2*5-9H,1-4H3;/q2*-1;+2. The average molecular weight is 323 g/mol. The second-order valence-electron chi connectivity index (χ2n) is 7.57. The van der Waals surface area contributed by atoms with Gasteiger partial charge >= 0.3 is 23.1 Å². The molecule has 0 aromatic heterocycles. The largest absolute Gasteiger partial charge is 2.00 e. The fourth-order valence-corrected chi connectivity index (χ4v) is 2.40. The third kappa shape index (κ3) is 7.26. The van der Waals surface area contributed by atoms with Gasteiger partial charge in [0.15, 0.2) is 0 Å². The van der Waals surface area contributed by atoms with Crippen molar-refractivity contribution in [2.24, 2.45) is 0 Å². The van der Waals surface area contributed by atoms with Crippen LogP contribution < -0.4 is 0 Å². The third-order valence-electron chi connectivity index (χ3n) is 4.27. The molecule has 0 fully saturated rings. The van der Waals surface area contributed by atoms with Crippen molar-refractivity contribution in [3.8, 4) is 0 Å². The third-order valence-corrected chi connectivity index (χ3v) is 4.27. The van der Waals surface area contributed by atoms with Crippen molar-refractivity contribution in [2.75, 3.05) is 0 Å². The van der Waals surface area contributed by atoms with E-state index in [1.165, 1.54) is 22.3 Å². The van der Waals surface area contributed by atoms with Crippen LogP contribution in [0.2, 0.25) is 0 Å². The van der Waals surface area contributed by atoms with Gasteiger partial charge in [-0.05, 0) is 0 Å². The van der Waals surface area contributed by atoms with E-state index in [0.717, 1.165) is 0 Å². The van der Waals surface area contributed by atoms with E-state index in [1.54, 1.807) is 0 Å². The van der Waals surface area contributed by atoms with Gasteiger partial charge in [-0.15, -0.1) is 0 Å². The Labute approximate surface area is 160 Å².